The number of amides is 3. The van der Waals surface area contributed by atoms with E-state index in [0.717, 1.165) is 25.7 Å². The molecular weight excluding hydrogens is 276 g/mol. The van der Waals surface area contributed by atoms with Crippen LogP contribution in [-0.2, 0) is 14.4 Å². The average Bonchev–Trinajstić information content (AvgIpc) is 2.74. The highest BCUT2D eigenvalue weighted by molar-refractivity contribution is 8.03. The van der Waals surface area contributed by atoms with E-state index < -0.39 is 0 Å². The summed E-state index contributed by atoms with van der Waals surface area (Å²) in [7, 11) is 1.66. The lowest BCUT2D eigenvalue weighted by Gasteiger charge is -2.29. The predicted molar refractivity (Wildman–Crippen MR) is 77.8 cm³/mol. The molecule has 20 heavy (non-hydrogen) atoms. The van der Waals surface area contributed by atoms with Gasteiger partial charge in [-0.2, -0.15) is 0 Å². The molecule has 0 spiro atoms. The summed E-state index contributed by atoms with van der Waals surface area (Å²) in [5, 5.41) is 2.68. The summed E-state index contributed by atoms with van der Waals surface area (Å²) in [5.74, 6) is 0.131. The van der Waals surface area contributed by atoms with E-state index in [1.54, 1.807) is 13.3 Å². The first-order valence-corrected chi connectivity index (χ1v) is 8.12. The molecule has 5 nitrogen and oxygen atoms in total. The quantitative estimate of drug-likeness (QED) is 0.791. The lowest BCUT2D eigenvalue weighted by Crippen LogP contribution is -2.38. The molecule has 0 unspecified atom stereocenters. The lowest BCUT2D eigenvalue weighted by atomic mass is 9.81. The smallest absolute Gasteiger partial charge is 0.267 e. The molecule has 0 radical (unpaired) electrons. The zero-order chi connectivity index (χ0) is 14.7. The van der Waals surface area contributed by atoms with Crippen LogP contribution in [0.3, 0.4) is 0 Å². The SMILES string of the molecule is CNC(=O)C1CCC(CN2C(=O)C=C(SC)C2=O)CC1. The highest BCUT2D eigenvalue weighted by Gasteiger charge is 2.34. The Bertz CT molecular complexity index is 453. The molecule has 6 heteroatoms. The molecule has 2 rings (SSSR count). The van der Waals surface area contributed by atoms with Crippen molar-refractivity contribution in [3.05, 3.63) is 11.0 Å². The van der Waals surface area contributed by atoms with Crippen LogP contribution in [0.25, 0.3) is 0 Å². The van der Waals surface area contributed by atoms with E-state index in [2.05, 4.69) is 5.32 Å². The zero-order valence-electron chi connectivity index (χ0n) is 11.8. The number of thioether (sulfide) groups is 1. The van der Waals surface area contributed by atoms with E-state index in [9.17, 15) is 14.4 Å². The highest BCUT2D eigenvalue weighted by atomic mass is 32.2. The van der Waals surface area contributed by atoms with Crippen LogP contribution >= 0.6 is 11.8 Å². The molecule has 0 bridgehead atoms. The van der Waals surface area contributed by atoms with Crippen LogP contribution in [0, 0.1) is 11.8 Å². The first kappa shape index (κ1) is 15.1. The topological polar surface area (TPSA) is 66.5 Å². The number of nitrogens with zero attached hydrogens (tertiary/aromatic N) is 1. The second kappa shape index (κ2) is 6.43. The van der Waals surface area contributed by atoms with E-state index >= 15 is 0 Å². The van der Waals surface area contributed by atoms with E-state index in [-0.39, 0.29) is 23.6 Å². The maximum atomic E-state index is 12.0. The Morgan fingerprint density at radius 1 is 1.35 bits per heavy atom. The molecule has 110 valence electrons. The van der Waals surface area contributed by atoms with Gasteiger partial charge in [0.05, 0.1) is 4.91 Å². The third-order valence-corrected chi connectivity index (χ3v) is 4.83. The van der Waals surface area contributed by atoms with E-state index in [1.165, 1.54) is 22.7 Å². The fraction of sp³-hybridized carbons (Fsp3) is 0.643. The van der Waals surface area contributed by atoms with Gasteiger partial charge in [0.15, 0.2) is 0 Å². The van der Waals surface area contributed by atoms with Gasteiger partial charge in [-0.05, 0) is 37.9 Å². The number of hydrogen-bond donors (Lipinski definition) is 1. The average molecular weight is 296 g/mol. The summed E-state index contributed by atoms with van der Waals surface area (Å²) < 4.78 is 0. The van der Waals surface area contributed by atoms with Gasteiger partial charge >= 0.3 is 0 Å². The Balaban J connectivity index is 1.86. The Kier molecular flexibility index (Phi) is 4.86. The van der Waals surface area contributed by atoms with Crippen LogP contribution < -0.4 is 5.32 Å². The lowest BCUT2D eigenvalue weighted by molar-refractivity contribution is -0.138. The van der Waals surface area contributed by atoms with Gasteiger partial charge in [-0.1, -0.05) is 0 Å². The van der Waals surface area contributed by atoms with Gasteiger partial charge < -0.3 is 5.32 Å². The highest BCUT2D eigenvalue weighted by Crippen LogP contribution is 2.31. The maximum absolute atomic E-state index is 12.0. The van der Waals surface area contributed by atoms with Crippen molar-refractivity contribution in [1.29, 1.82) is 0 Å². The van der Waals surface area contributed by atoms with Crippen molar-refractivity contribution < 1.29 is 14.4 Å². The van der Waals surface area contributed by atoms with Crippen molar-refractivity contribution >= 4 is 29.5 Å². The van der Waals surface area contributed by atoms with E-state index in [4.69, 9.17) is 0 Å². The van der Waals surface area contributed by atoms with E-state index in [0.29, 0.717) is 17.4 Å². The normalized spacial score (nSPS) is 26.7. The van der Waals surface area contributed by atoms with Crippen LogP contribution in [-0.4, -0.2) is 42.5 Å². The molecule has 0 aromatic carbocycles. The van der Waals surface area contributed by atoms with Crippen LogP contribution in [0.1, 0.15) is 25.7 Å². The van der Waals surface area contributed by atoms with Crippen molar-refractivity contribution in [3.63, 3.8) is 0 Å². The first-order valence-electron chi connectivity index (χ1n) is 6.90. The molecule has 1 aliphatic heterocycles. The van der Waals surface area contributed by atoms with Gasteiger partial charge in [-0.25, -0.2) is 0 Å². The van der Waals surface area contributed by atoms with Gasteiger partial charge in [0.1, 0.15) is 0 Å². The van der Waals surface area contributed by atoms with Crippen LogP contribution in [0.5, 0.6) is 0 Å². The van der Waals surface area contributed by atoms with Crippen molar-refractivity contribution in [2.24, 2.45) is 11.8 Å². The molecular formula is C14H20N2O3S. The number of hydrogen-bond acceptors (Lipinski definition) is 4. The largest absolute Gasteiger partial charge is 0.359 e. The number of rotatable bonds is 4. The number of carbonyl (C=O) groups is 3. The Morgan fingerprint density at radius 3 is 2.50 bits per heavy atom. The fourth-order valence-corrected chi connectivity index (χ4v) is 3.38. The second-order valence-corrected chi connectivity index (χ2v) is 6.15. The van der Waals surface area contributed by atoms with E-state index in [1.807, 2.05) is 0 Å². The molecule has 1 fully saturated rings. The molecule has 1 heterocycles. The third-order valence-electron chi connectivity index (χ3n) is 4.10. The molecule has 1 saturated carbocycles. The molecule has 3 amide bonds. The summed E-state index contributed by atoms with van der Waals surface area (Å²) in [4.78, 5) is 37.2. The first-order chi connectivity index (χ1) is 9.56. The minimum absolute atomic E-state index is 0.0844. The van der Waals surface area contributed by atoms with Crippen LogP contribution in [0.2, 0.25) is 0 Å². The Hall–Kier alpha value is -1.30. The number of carbonyl (C=O) groups excluding carboxylic acids is 3. The van der Waals surface area contributed by atoms with Gasteiger partial charge in [0, 0.05) is 25.6 Å². The van der Waals surface area contributed by atoms with Crippen molar-refractivity contribution in [2.75, 3.05) is 19.8 Å². The minimum Gasteiger partial charge on any atom is -0.359 e. The summed E-state index contributed by atoms with van der Waals surface area (Å²) in [6.07, 6.45) is 6.68. The number of nitrogens with one attached hydrogen (secondary N) is 1. The Labute approximate surface area is 123 Å². The third kappa shape index (κ3) is 3.06. The van der Waals surface area contributed by atoms with Crippen molar-refractivity contribution in [3.8, 4) is 0 Å². The van der Waals surface area contributed by atoms with Gasteiger partial charge in [0.2, 0.25) is 5.91 Å². The fourth-order valence-electron chi connectivity index (χ4n) is 2.87. The van der Waals surface area contributed by atoms with Crippen molar-refractivity contribution in [2.45, 2.75) is 25.7 Å². The summed E-state index contributed by atoms with van der Waals surface area (Å²) >= 11 is 1.31. The molecule has 0 saturated heterocycles. The Morgan fingerprint density at radius 2 is 2.00 bits per heavy atom. The monoisotopic (exact) mass is 296 g/mol. The summed E-state index contributed by atoms with van der Waals surface area (Å²) in [6.45, 7) is 0.485. The molecule has 1 N–H and O–H groups in total. The van der Waals surface area contributed by atoms with Crippen LogP contribution in [0.4, 0.5) is 0 Å². The maximum Gasteiger partial charge on any atom is 0.267 e. The standard InChI is InChI=1S/C14H20N2O3S/c1-15-13(18)10-5-3-9(4-6-10)8-16-12(17)7-11(20-2)14(16)19/h7,9-10H,3-6,8H2,1-2H3,(H,15,18). The number of imide groups is 1. The van der Waals surface area contributed by atoms with Crippen molar-refractivity contribution in [1.82, 2.24) is 10.2 Å². The minimum atomic E-state index is -0.201. The summed E-state index contributed by atoms with van der Waals surface area (Å²) in [6, 6.07) is 0. The van der Waals surface area contributed by atoms with Gasteiger partial charge in [0.25, 0.3) is 11.8 Å². The van der Waals surface area contributed by atoms with Crippen LogP contribution in [0.15, 0.2) is 11.0 Å². The van der Waals surface area contributed by atoms with Gasteiger partial charge in [-0.3, -0.25) is 19.3 Å². The molecule has 1 aliphatic carbocycles. The zero-order valence-corrected chi connectivity index (χ0v) is 12.7. The van der Waals surface area contributed by atoms with Gasteiger partial charge in [-0.15, -0.1) is 11.8 Å². The summed E-state index contributed by atoms with van der Waals surface area (Å²) in [5.41, 5.74) is 0. The second-order valence-electron chi connectivity index (χ2n) is 5.30. The molecule has 2 aliphatic rings. The predicted octanol–water partition coefficient (Wildman–Crippen LogP) is 1.15. The molecule has 0 aromatic heterocycles. The molecule has 0 atom stereocenters. The molecule has 0 aromatic rings.